The van der Waals surface area contributed by atoms with Crippen molar-refractivity contribution in [2.75, 3.05) is 14.2 Å². The Bertz CT molecular complexity index is 171. The van der Waals surface area contributed by atoms with Crippen molar-refractivity contribution in [3.8, 4) is 0 Å². The van der Waals surface area contributed by atoms with E-state index in [1.807, 2.05) is 6.92 Å². The van der Waals surface area contributed by atoms with Gasteiger partial charge in [0, 0.05) is 14.2 Å². The maximum absolute atomic E-state index is 11.4. The van der Waals surface area contributed by atoms with Crippen LogP contribution in [0.5, 0.6) is 0 Å². The average Bonchev–Trinajstić information content (AvgIpc) is 2.18. The van der Waals surface area contributed by atoms with Crippen molar-refractivity contribution in [2.24, 2.45) is 5.73 Å². The molecule has 0 saturated carbocycles. The third-order valence-electron chi connectivity index (χ3n) is 2.02. The first-order valence-electron chi connectivity index (χ1n) is 4.68. The van der Waals surface area contributed by atoms with E-state index in [4.69, 9.17) is 15.2 Å². The maximum Gasteiger partial charge on any atom is 0.237 e. The Balaban J connectivity index is 4.03. The van der Waals surface area contributed by atoms with Gasteiger partial charge in [-0.2, -0.15) is 0 Å². The molecule has 0 heterocycles. The average molecular weight is 204 g/mol. The quantitative estimate of drug-likeness (QED) is 0.590. The van der Waals surface area contributed by atoms with Gasteiger partial charge in [0.05, 0.1) is 12.1 Å². The Kier molecular flexibility index (Phi) is 6.44. The largest absolute Gasteiger partial charge is 0.354 e. The van der Waals surface area contributed by atoms with E-state index in [1.165, 1.54) is 14.2 Å². The lowest BCUT2D eigenvalue weighted by Gasteiger charge is -2.23. The third-order valence-corrected chi connectivity index (χ3v) is 2.02. The van der Waals surface area contributed by atoms with Crippen LogP contribution in [0.3, 0.4) is 0 Å². The van der Waals surface area contributed by atoms with E-state index < -0.39 is 12.3 Å². The highest BCUT2D eigenvalue weighted by Crippen LogP contribution is 1.99. The van der Waals surface area contributed by atoms with E-state index in [9.17, 15) is 4.79 Å². The molecule has 0 aliphatic heterocycles. The first-order chi connectivity index (χ1) is 6.56. The minimum absolute atomic E-state index is 0.181. The van der Waals surface area contributed by atoms with E-state index in [-0.39, 0.29) is 11.9 Å². The maximum atomic E-state index is 11.4. The molecule has 0 aromatic carbocycles. The Morgan fingerprint density at radius 3 is 2.29 bits per heavy atom. The van der Waals surface area contributed by atoms with Crippen molar-refractivity contribution in [1.82, 2.24) is 5.32 Å². The highest BCUT2D eigenvalue weighted by atomic mass is 16.7. The fourth-order valence-corrected chi connectivity index (χ4v) is 1.09. The summed E-state index contributed by atoms with van der Waals surface area (Å²) in [6.45, 7) is 3.66. The van der Waals surface area contributed by atoms with E-state index in [0.717, 1.165) is 0 Å². The number of carbonyl (C=O) groups is 1. The molecule has 0 aliphatic carbocycles. The summed E-state index contributed by atoms with van der Waals surface area (Å²) in [5, 5.41) is 2.72. The number of hydrogen-bond donors (Lipinski definition) is 2. The van der Waals surface area contributed by atoms with Crippen LogP contribution in [0.2, 0.25) is 0 Å². The molecule has 5 nitrogen and oxygen atoms in total. The fourth-order valence-electron chi connectivity index (χ4n) is 1.09. The first kappa shape index (κ1) is 13.4. The SMILES string of the molecule is CCC(N)C(=O)NC(C)C(OC)OC. The van der Waals surface area contributed by atoms with Crippen molar-refractivity contribution >= 4 is 5.91 Å². The van der Waals surface area contributed by atoms with E-state index in [0.29, 0.717) is 6.42 Å². The zero-order valence-corrected chi connectivity index (χ0v) is 9.24. The summed E-state index contributed by atoms with van der Waals surface area (Å²) in [5.41, 5.74) is 5.55. The monoisotopic (exact) mass is 204 g/mol. The summed E-state index contributed by atoms with van der Waals surface area (Å²) in [6, 6.07) is -0.679. The van der Waals surface area contributed by atoms with Gasteiger partial charge in [-0.05, 0) is 13.3 Å². The lowest BCUT2D eigenvalue weighted by atomic mass is 10.2. The fraction of sp³-hybridized carbons (Fsp3) is 0.889. The van der Waals surface area contributed by atoms with Gasteiger partial charge < -0.3 is 20.5 Å². The van der Waals surface area contributed by atoms with Crippen LogP contribution in [-0.4, -0.2) is 38.5 Å². The number of nitrogens with two attached hydrogens (primary N) is 1. The molecule has 3 N–H and O–H groups in total. The lowest BCUT2D eigenvalue weighted by molar-refractivity contribution is -0.136. The zero-order chi connectivity index (χ0) is 11.1. The standard InChI is InChI=1S/C9H20N2O3/c1-5-7(10)8(12)11-6(2)9(13-3)14-4/h6-7,9H,5,10H2,1-4H3,(H,11,12). The summed E-state index contributed by atoms with van der Waals surface area (Å²) in [6.07, 6.45) is 0.173. The summed E-state index contributed by atoms with van der Waals surface area (Å²) in [7, 11) is 3.05. The van der Waals surface area contributed by atoms with Gasteiger partial charge in [-0.15, -0.1) is 0 Å². The number of ether oxygens (including phenoxy) is 2. The van der Waals surface area contributed by atoms with E-state index in [1.54, 1.807) is 6.92 Å². The summed E-state index contributed by atoms with van der Waals surface area (Å²) < 4.78 is 10.00. The minimum Gasteiger partial charge on any atom is -0.354 e. The first-order valence-corrected chi connectivity index (χ1v) is 4.68. The van der Waals surface area contributed by atoms with Gasteiger partial charge in [0.25, 0.3) is 0 Å². The minimum atomic E-state index is -0.466. The molecule has 5 heteroatoms. The van der Waals surface area contributed by atoms with Crippen molar-refractivity contribution in [2.45, 2.75) is 38.6 Å². The van der Waals surface area contributed by atoms with Crippen LogP contribution in [-0.2, 0) is 14.3 Å². The zero-order valence-electron chi connectivity index (χ0n) is 9.24. The van der Waals surface area contributed by atoms with Crippen molar-refractivity contribution < 1.29 is 14.3 Å². The Morgan fingerprint density at radius 1 is 1.43 bits per heavy atom. The number of nitrogens with one attached hydrogen (secondary N) is 1. The Morgan fingerprint density at radius 2 is 1.93 bits per heavy atom. The van der Waals surface area contributed by atoms with Gasteiger partial charge in [-0.25, -0.2) is 0 Å². The normalized spacial score (nSPS) is 15.3. The number of hydrogen-bond acceptors (Lipinski definition) is 4. The molecule has 0 spiro atoms. The molecule has 0 rings (SSSR count). The molecule has 0 radical (unpaired) electrons. The lowest BCUT2D eigenvalue weighted by Crippen LogP contribution is -2.49. The summed E-state index contributed by atoms with van der Waals surface area (Å²) in [5.74, 6) is -0.181. The van der Waals surface area contributed by atoms with Crippen molar-refractivity contribution in [1.29, 1.82) is 0 Å². The Hall–Kier alpha value is -0.650. The van der Waals surface area contributed by atoms with Gasteiger partial charge in [0.1, 0.15) is 0 Å². The molecule has 0 saturated heterocycles. The second-order valence-electron chi connectivity index (χ2n) is 3.15. The number of amides is 1. The second-order valence-corrected chi connectivity index (χ2v) is 3.15. The van der Waals surface area contributed by atoms with Gasteiger partial charge in [0.2, 0.25) is 5.91 Å². The van der Waals surface area contributed by atoms with Crippen LogP contribution < -0.4 is 11.1 Å². The molecular weight excluding hydrogens is 184 g/mol. The molecule has 0 aromatic heterocycles. The molecule has 0 aliphatic rings. The number of rotatable bonds is 6. The van der Waals surface area contributed by atoms with Crippen LogP contribution in [0, 0.1) is 0 Å². The molecule has 0 aromatic rings. The summed E-state index contributed by atoms with van der Waals surface area (Å²) in [4.78, 5) is 11.4. The predicted octanol–water partition coefficient (Wildman–Crippen LogP) is -0.153. The van der Waals surface area contributed by atoms with Crippen molar-refractivity contribution in [3.63, 3.8) is 0 Å². The van der Waals surface area contributed by atoms with E-state index in [2.05, 4.69) is 5.32 Å². The highest BCUT2D eigenvalue weighted by Gasteiger charge is 2.20. The molecule has 2 unspecified atom stereocenters. The molecular formula is C9H20N2O3. The van der Waals surface area contributed by atoms with Crippen molar-refractivity contribution in [3.05, 3.63) is 0 Å². The van der Waals surface area contributed by atoms with E-state index >= 15 is 0 Å². The topological polar surface area (TPSA) is 73.6 Å². The van der Waals surface area contributed by atoms with Gasteiger partial charge in [0.15, 0.2) is 6.29 Å². The molecule has 0 bridgehead atoms. The van der Waals surface area contributed by atoms with Gasteiger partial charge in [-0.3, -0.25) is 4.79 Å². The number of methoxy groups -OCH3 is 2. The van der Waals surface area contributed by atoms with Crippen LogP contribution in [0.25, 0.3) is 0 Å². The van der Waals surface area contributed by atoms with Crippen LogP contribution >= 0.6 is 0 Å². The number of carbonyl (C=O) groups excluding carboxylic acids is 1. The molecule has 2 atom stereocenters. The second kappa shape index (κ2) is 6.75. The molecule has 84 valence electrons. The molecule has 14 heavy (non-hydrogen) atoms. The highest BCUT2D eigenvalue weighted by molar-refractivity contribution is 5.81. The van der Waals surface area contributed by atoms with Crippen LogP contribution in [0.15, 0.2) is 0 Å². The van der Waals surface area contributed by atoms with Crippen LogP contribution in [0.1, 0.15) is 20.3 Å². The van der Waals surface area contributed by atoms with Gasteiger partial charge >= 0.3 is 0 Å². The van der Waals surface area contributed by atoms with Crippen LogP contribution in [0.4, 0.5) is 0 Å². The summed E-state index contributed by atoms with van der Waals surface area (Å²) >= 11 is 0. The Labute approximate surface area is 84.9 Å². The smallest absolute Gasteiger partial charge is 0.237 e. The predicted molar refractivity (Wildman–Crippen MR) is 53.7 cm³/mol. The molecule has 1 amide bonds. The third kappa shape index (κ3) is 4.04. The van der Waals surface area contributed by atoms with Gasteiger partial charge in [-0.1, -0.05) is 6.92 Å². The molecule has 0 fully saturated rings.